The lowest BCUT2D eigenvalue weighted by molar-refractivity contribution is -0.321. The van der Waals surface area contributed by atoms with Gasteiger partial charge in [-0.2, -0.15) is 0 Å². The molecule has 0 amide bonds. The van der Waals surface area contributed by atoms with Crippen LogP contribution < -0.4 is 0 Å². The third kappa shape index (κ3) is 4.59. The summed E-state index contributed by atoms with van der Waals surface area (Å²) in [6, 6.07) is 0. The Morgan fingerprint density at radius 3 is 2.39 bits per heavy atom. The summed E-state index contributed by atoms with van der Waals surface area (Å²) in [4.78, 5) is 0. The van der Waals surface area contributed by atoms with Gasteiger partial charge in [-0.05, 0) is 105 Å². The minimum atomic E-state index is -2.56. The van der Waals surface area contributed by atoms with E-state index in [1.165, 1.54) is 38.5 Å². The molecule has 0 saturated heterocycles. The highest BCUT2D eigenvalue weighted by atomic mass is 16.7. The summed E-state index contributed by atoms with van der Waals surface area (Å²) in [5.41, 5.74) is 1.94. The molecule has 4 heteroatoms. The fourth-order valence-corrected chi connectivity index (χ4v) is 9.39. The summed E-state index contributed by atoms with van der Waals surface area (Å²) in [5, 5.41) is 39.7. The average molecular weight is 463 g/mol. The van der Waals surface area contributed by atoms with Gasteiger partial charge in [-0.1, -0.05) is 52.7 Å². The average Bonchev–Trinajstić information content (AvgIpc) is 3.08. The van der Waals surface area contributed by atoms with Crippen LogP contribution >= 0.6 is 0 Å². The number of aliphatic hydroxyl groups is 4. The van der Waals surface area contributed by atoms with Crippen molar-refractivity contribution >= 4 is 0 Å². The second kappa shape index (κ2) is 9.22. The van der Waals surface area contributed by atoms with E-state index in [2.05, 4.69) is 40.7 Å². The van der Waals surface area contributed by atoms with Crippen molar-refractivity contribution in [3.8, 4) is 0 Å². The van der Waals surface area contributed by atoms with Crippen molar-refractivity contribution in [3.05, 3.63) is 11.6 Å². The largest absolute Gasteiger partial charge is 0.392 e. The minimum Gasteiger partial charge on any atom is -0.392 e. The SMILES string of the molecule is CC(C)[C@H](CC[C@@H](C)[C@H]1CC[C@H]2[C@H]3CC=C4CCCC(O)[C@@]4(C)[C@H]3CC[C@]12C)CC(O)(O)O. The Kier molecular flexibility index (Phi) is 7.17. The molecule has 0 heterocycles. The molecular weight excluding hydrogens is 412 g/mol. The van der Waals surface area contributed by atoms with Crippen molar-refractivity contribution < 1.29 is 20.4 Å². The first kappa shape index (κ1) is 25.7. The molecule has 4 aliphatic rings. The fourth-order valence-electron chi connectivity index (χ4n) is 9.39. The molecule has 190 valence electrons. The lowest BCUT2D eigenvalue weighted by atomic mass is 9.46. The second-order valence-corrected chi connectivity index (χ2v) is 13.3. The van der Waals surface area contributed by atoms with E-state index < -0.39 is 5.97 Å². The molecule has 4 nitrogen and oxygen atoms in total. The van der Waals surface area contributed by atoms with Gasteiger partial charge in [0.2, 0.25) is 0 Å². The van der Waals surface area contributed by atoms with Crippen LogP contribution in [0.15, 0.2) is 11.6 Å². The van der Waals surface area contributed by atoms with Gasteiger partial charge in [-0.15, -0.1) is 0 Å². The fraction of sp³-hybridized carbons (Fsp3) is 0.931. The van der Waals surface area contributed by atoms with Gasteiger partial charge < -0.3 is 20.4 Å². The molecular formula is C29H50O4. The predicted molar refractivity (Wildman–Crippen MR) is 132 cm³/mol. The summed E-state index contributed by atoms with van der Waals surface area (Å²) in [6.45, 7) is 11.6. The summed E-state index contributed by atoms with van der Waals surface area (Å²) in [7, 11) is 0. The number of allylic oxidation sites excluding steroid dienone is 1. The Morgan fingerprint density at radius 1 is 1.00 bits per heavy atom. The first-order valence-electron chi connectivity index (χ1n) is 13.9. The van der Waals surface area contributed by atoms with Crippen molar-refractivity contribution in [2.24, 2.45) is 52.3 Å². The van der Waals surface area contributed by atoms with Crippen molar-refractivity contribution in [2.75, 3.05) is 0 Å². The maximum Gasteiger partial charge on any atom is 0.275 e. The van der Waals surface area contributed by atoms with Gasteiger partial charge in [0, 0.05) is 11.8 Å². The molecule has 0 bridgehead atoms. The van der Waals surface area contributed by atoms with Gasteiger partial charge in [0.1, 0.15) is 0 Å². The zero-order valence-electron chi connectivity index (χ0n) is 21.8. The first-order valence-corrected chi connectivity index (χ1v) is 13.9. The van der Waals surface area contributed by atoms with Crippen LogP contribution in [0.4, 0.5) is 0 Å². The molecule has 0 aliphatic heterocycles. The molecule has 3 fully saturated rings. The van der Waals surface area contributed by atoms with Crippen LogP contribution in [0.3, 0.4) is 0 Å². The molecule has 0 spiro atoms. The number of fused-ring (bicyclic) bond motifs is 5. The third-order valence-corrected chi connectivity index (χ3v) is 11.4. The summed E-state index contributed by atoms with van der Waals surface area (Å²) in [6.07, 6.45) is 14.1. The van der Waals surface area contributed by atoms with Gasteiger partial charge >= 0.3 is 0 Å². The van der Waals surface area contributed by atoms with Crippen LogP contribution in [0.1, 0.15) is 105 Å². The van der Waals surface area contributed by atoms with Gasteiger partial charge in [0.25, 0.3) is 5.97 Å². The van der Waals surface area contributed by atoms with Crippen LogP contribution in [0.2, 0.25) is 0 Å². The number of aliphatic hydroxyl groups excluding tert-OH is 1. The normalized spacial score (nSPS) is 42.8. The molecule has 0 radical (unpaired) electrons. The number of rotatable bonds is 7. The van der Waals surface area contributed by atoms with Crippen LogP contribution in [-0.2, 0) is 0 Å². The Morgan fingerprint density at radius 2 is 1.73 bits per heavy atom. The molecule has 4 aliphatic carbocycles. The molecule has 3 saturated carbocycles. The van der Waals surface area contributed by atoms with E-state index >= 15 is 0 Å². The van der Waals surface area contributed by atoms with Crippen LogP contribution in [-0.4, -0.2) is 32.5 Å². The molecule has 0 aromatic rings. The molecule has 33 heavy (non-hydrogen) atoms. The summed E-state index contributed by atoms with van der Waals surface area (Å²) >= 11 is 0. The lowest BCUT2D eigenvalue weighted by Gasteiger charge is -2.59. The van der Waals surface area contributed by atoms with E-state index in [1.807, 2.05) is 0 Å². The number of hydrogen-bond donors (Lipinski definition) is 4. The Bertz CT molecular complexity index is 724. The monoisotopic (exact) mass is 462 g/mol. The zero-order valence-corrected chi connectivity index (χ0v) is 21.8. The van der Waals surface area contributed by atoms with E-state index in [9.17, 15) is 20.4 Å². The quantitative estimate of drug-likeness (QED) is 0.292. The van der Waals surface area contributed by atoms with E-state index in [1.54, 1.807) is 5.57 Å². The van der Waals surface area contributed by atoms with Crippen LogP contribution in [0.25, 0.3) is 0 Å². The van der Waals surface area contributed by atoms with E-state index in [4.69, 9.17) is 0 Å². The van der Waals surface area contributed by atoms with E-state index in [-0.39, 0.29) is 23.9 Å². The highest BCUT2D eigenvalue weighted by Crippen LogP contribution is 2.67. The predicted octanol–water partition coefficient (Wildman–Crippen LogP) is 5.64. The Hall–Kier alpha value is -0.420. The van der Waals surface area contributed by atoms with Crippen LogP contribution in [0, 0.1) is 52.3 Å². The van der Waals surface area contributed by atoms with E-state index in [0.29, 0.717) is 35.0 Å². The third-order valence-electron chi connectivity index (χ3n) is 11.4. The molecule has 0 aromatic heterocycles. The van der Waals surface area contributed by atoms with Crippen molar-refractivity contribution in [1.29, 1.82) is 0 Å². The van der Waals surface area contributed by atoms with E-state index in [0.717, 1.165) is 31.6 Å². The first-order chi connectivity index (χ1) is 15.4. The van der Waals surface area contributed by atoms with Crippen molar-refractivity contribution in [2.45, 2.75) is 117 Å². The molecule has 4 N–H and O–H groups in total. The Labute approximate surface area is 201 Å². The van der Waals surface area contributed by atoms with Gasteiger partial charge in [-0.3, -0.25) is 0 Å². The molecule has 9 atom stereocenters. The lowest BCUT2D eigenvalue weighted by Crippen LogP contribution is -2.54. The Balaban J connectivity index is 1.46. The maximum absolute atomic E-state index is 11.1. The molecule has 4 rings (SSSR count). The van der Waals surface area contributed by atoms with Crippen molar-refractivity contribution in [3.63, 3.8) is 0 Å². The van der Waals surface area contributed by atoms with Gasteiger partial charge in [0.15, 0.2) is 0 Å². The minimum absolute atomic E-state index is 0.00205. The number of hydrogen-bond acceptors (Lipinski definition) is 4. The van der Waals surface area contributed by atoms with Gasteiger partial charge in [0.05, 0.1) is 6.10 Å². The summed E-state index contributed by atoms with van der Waals surface area (Å²) in [5.74, 6) is 1.30. The second-order valence-electron chi connectivity index (χ2n) is 13.3. The van der Waals surface area contributed by atoms with Crippen LogP contribution in [0.5, 0.6) is 0 Å². The highest BCUT2D eigenvalue weighted by molar-refractivity contribution is 5.26. The zero-order chi connectivity index (χ0) is 24.2. The van der Waals surface area contributed by atoms with Crippen molar-refractivity contribution in [1.82, 2.24) is 0 Å². The van der Waals surface area contributed by atoms with Gasteiger partial charge in [-0.25, -0.2) is 0 Å². The molecule has 0 aromatic carbocycles. The topological polar surface area (TPSA) is 80.9 Å². The maximum atomic E-state index is 11.1. The standard InChI is InChI=1S/C29H50O4/c1-18(2)20(17-29(31,32)33)10-9-19(3)23-13-14-24-22-12-11-21-7-6-8-26(30)28(21,5)25(22)15-16-27(23,24)4/h11,18-20,22-26,30-33H,6-10,12-17H2,1-5H3/t19-,20-,22-,23-,24+,25+,26?,27-,28-/m1/s1. The smallest absolute Gasteiger partial charge is 0.275 e. The summed E-state index contributed by atoms with van der Waals surface area (Å²) < 4.78 is 0. The highest BCUT2D eigenvalue weighted by Gasteiger charge is 2.60. The molecule has 1 unspecified atom stereocenters.